The lowest BCUT2D eigenvalue weighted by Gasteiger charge is -2.41. The molecular weight excluding hydrogens is 399 g/mol. The van der Waals surface area contributed by atoms with Gasteiger partial charge in [0.25, 0.3) is 11.9 Å². The molecule has 0 saturated carbocycles. The van der Waals surface area contributed by atoms with Gasteiger partial charge in [0.05, 0.1) is 0 Å². The second kappa shape index (κ2) is 6.93. The molecule has 1 unspecified atom stereocenters. The Morgan fingerprint density at radius 3 is 2.61 bits per heavy atom. The molecule has 2 heterocycles. The molecule has 1 amide bonds. The first-order valence-electron chi connectivity index (χ1n) is 8.01. The number of halogens is 4. The van der Waals surface area contributed by atoms with Crippen LogP contribution in [-0.4, -0.2) is 33.6 Å². The maximum atomic E-state index is 14.8. The van der Waals surface area contributed by atoms with Crippen molar-refractivity contribution in [2.24, 2.45) is 10.7 Å². The first-order chi connectivity index (χ1) is 13.0. The number of ether oxygens (including phenoxy) is 1. The molecule has 0 bridgehead atoms. The number of nitrogens with zero attached hydrogens (tertiary/aromatic N) is 3. The normalized spacial score (nSPS) is 20.1. The summed E-state index contributed by atoms with van der Waals surface area (Å²) >= 11 is 5.61. The van der Waals surface area contributed by atoms with Crippen molar-refractivity contribution in [2.45, 2.75) is 31.4 Å². The number of rotatable bonds is 3. The Bertz CT molecular complexity index is 950. The van der Waals surface area contributed by atoms with E-state index in [0.29, 0.717) is 0 Å². The van der Waals surface area contributed by atoms with E-state index in [1.165, 1.54) is 18.2 Å². The molecule has 1 aliphatic rings. The SMILES string of the molecule is CC1(C)OC(N)=NC(c2cc(NC(=O)c3ccc(Cl)nn3)ccc2F)C1(F)F. The molecule has 3 rings (SSSR count). The number of nitrogens with one attached hydrogen (secondary N) is 1. The van der Waals surface area contributed by atoms with Crippen molar-refractivity contribution in [3.63, 3.8) is 0 Å². The number of aromatic nitrogens is 2. The van der Waals surface area contributed by atoms with E-state index in [1.807, 2.05) is 0 Å². The number of amidine groups is 1. The maximum absolute atomic E-state index is 14.8. The molecule has 7 nitrogen and oxygen atoms in total. The quantitative estimate of drug-likeness (QED) is 0.803. The van der Waals surface area contributed by atoms with Crippen LogP contribution in [0.5, 0.6) is 0 Å². The van der Waals surface area contributed by atoms with Crippen LogP contribution in [-0.2, 0) is 4.74 Å². The van der Waals surface area contributed by atoms with Crippen LogP contribution in [0.15, 0.2) is 35.3 Å². The van der Waals surface area contributed by atoms with Gasteiger partial charge in [0.15, 0.2) is 22.5 Å². The van der Waals surface area contributed by atoms with Crippen LogP contribution in [0, 0.1) is 5.82 Å². The Morgan fingerprint density at radius 1 is 1.25 bits per heavy atom. The van der Waals surface area contributed by atoms with Crippen LogP contribution in [0.25, 0.3) is 0 Å². The highest BCUT2D eigenvalue weighted by atomic mass is 35.5. The van der Waals surface area contributed by atoms with Gasteiger partial charge in [0.1, 0.15) is 5.82 Å². The summed E-state index contributed by atoms with van der Waals surface area (Å²) in [6, 6.07) is 3.51. The fourth-order valence-electron chi connectivity index (χ4n) is 2.62. The molecule has 3 N–H and O–H groups in total. The summed E-state index contributed by atoms with van der Waals surface area (Å²) in [5.74, 6) is -5.17. The third-order valence-corrected chi connectivity index (χ3v) is 4.38. The minimum Gasteiger partial charge on any atom is -0.453 e. The molecule has 1 atom stereocenters. The molecule has 1 aromatic heterocycles. The molecule has 1 aromatic carbocycles. The van der Waals surface area contributed by atoms with Crippen molar-refractivity contribution in [3.8, 4) is 0 Å². The number of aliphatic imine (C=N–C) groups is 1. The number of nitrogens with two attached hydrogens (primary N) is 1. The fraction of sp³-hybridized carbons (Fsp3) is 0.294. The number of hydrogen-bond donors (Lipinski definition) is 2. The second-order valence-electron chi connectivity index (χ2n) is 6.54. The van der Waals surface area contributed by atoms with E-state index < -0.39 is 40.9 Å². The molecule has 11 heteroatoms. The van der Waals surface area contributed by atoms with E-state index in [1.54, 1.807) is 0 Å². The van der Waals surface area contributed by atoms with E-state index in [-0.39, 0.29) is 16.5 Å². The molecular formula is C17H15ClF3N5O2. The zero-order valence-corrected chi connectivity index (χ0v) is 15.5. The predicted octanol–water partition coefficient (Wildman–Crippen LogP) is 3.32. The van der Waals surface area contributed by atoms with Crippen molar-refractivity contribution < 1.29 is 22.7 Å². The average molecular weight is 414 g/mol. The van der Waals surface area contributed by atoms with E-state index in [0.717, 1.165) is 26.0 Å². The Balaban J connectivity index is 1.94. The minimum atomic E-state index is -3.57. The summed E-state index contributed by atoms with van der Waals surface area (Å²) in [6.45, 7) is 2.26. The largest absolute Gasteiger partial charge is 0.453 e. The number of benzene rings is 1. The minimum absolute atomic E-state index is 0.0601. The topological polar surface area (TPSA) is 102 Å². The monoisotopic (exact) mass is 413 g/mol. The molecule has 28 heavy (non-hydrogen) atoms. The summed E-state index contributed by atoms with van der Waals surface area (Å²) in [5.41, 5.74) is 3.05. The van der Waals surface area contributed by atoms with Crippen LogP contribution in [0.3, 0.4) is 0 Å². The molecule has 2 aromatic rings. The Hall–Kier alpha value is -2.88. The summed E-state index contributed by atoms with van der Waals surface area (Å²) < 4.78 is 48.9. The lowest BCUT2D eigenvalue weighted by atomic mass is 9.88. The highest BCUT2D eigenvalue weighted by molar-refractivity contribution is 6.29. The van der Waals surface area contributed by atoms with E-state index in [2.05, 4.69) is 20.5 Å². The summed E-state index contributed by atoms with van der Waals surface area (Å²) in [6.07, 6.45) is 0. The highest BCUT2D eigenvalue weighted by Gasteiger charge is 2.59. The van der Waals surface area contributed by atoms with Crippen LogP contribution >= 0.6 is 11.6 Å². The molecule has 0 radical (unpaired) electrons. The Kier molecular flexibility index (Phi) is 4.92. The summed E-state index contributed by atoms with van der Waals surface area (Å²) in [7, 11) is 0. The van der Waals surface area contributed by atoms with Gasteiger partial charge < -0.3 is 15.8 Å². The van der Waals surface area contributed by atoms with Gasteiger partial charge in [-0.3, -0.25) is 4.79 Å². The van der Waals surface area contributed by atoms with E-state index in [4.69, 9.17) is 22.1 Å². The third-order valence-electron chi connectivity index (χ3n) is 4.18. The molecule has 0 saturated heterocycles. The highest BCUT2D eigenvalue weighted by Crippen LogP contribution is 2.47. The lowest BCUT2D eigenvalue weighted by Crippen LogP contribution is -2.54. The zero-order chi connectivity index (χ0) is 20.7. The average Bonchev–Trinajstić information content (AvgIpc) is 2.60. The summed E-state index contributed by atoms with van der Waals surface area (Å²) in [5, 5.41) is 9.69. The van der Waals surface area contributed by atoms with Crippen molar-refractivity contribution in [2.75, 3.05) is 5.32 Å². The standard InChI is InChI=1S/C17H15ClF3N5O2/c1-16(2)17(20,21)13(24-15(22)28-16)9-7-8(3-4-10(9)19)23-14(27)11-5-6-12(18)26-25-11/h3-7,13H,1-2H3,(H2,22,24)(H,23,27). The molecule has 1 aliphatic heterocycles. The molecule has 148 valence electrons. The van der Waals surface area contributed by atoms with Gasteiger partial charge in [-0.2, -0.15) is 8.78 Å². The number of amides is 1. The van der Waals surface area contributed by atoms with Gasteiger partial charge >= 0.3 is 5.92 Å². The van der Waals surface area contributed by atoms with Gasteiger partial charge in [-0.05, 0) is 44.2 Å². The molecule has 0 spiro atoms. The second-order valence-corrected chi connectivity index (χ2v) is 6.92. The lowest BCUT2D eigenvalue weighted by molar-refractivity contribution is -0.180. The number of carbonyl (C=O) groups is 1. The van der Waals surface area contributed by atoms with E-state index >= 15 is 0 Å². The first kappa shape index (κ1) is 19.9. The maximum Gasteiger partial charge on any atom is 0.312 e. The molecule has 0 aliphatic carbocycles. The van der Waals surface area contributed by atoms with Gasteiger partial charge in [-0.25, -0.2) is 9.38 Å². The van der Waals surface area contributed by atoms with Gasteiger partial charge in [0.2, 0.25) is 0 Å². The molecule has 0 fully saturated rings. The van der Waals surface area contributed by atoms with Crippen molar-refractivity contribution in [1.82, 2.24) is 10.2 Å². The summed E-state index contributed by atoms with van der Waals surface area (Å²) in [4.78, 5) is 15.8. The van der Waals surface area contributed by atoms with Crippen molar-refractivity contribution in [1.29, 1.82) is 0 Å². The number of hydrogen-bond acceptors (Lipinski definition) is 6. The van der Waals surface area contributed by atoms with Crippen LogP contribution in [0.2, 0.25) is 5.15 Å². The zero-order valence-electron chi connectivity index (χ0n) is 14.7. The Morgan fingerprint density at radius 2 is 1.96 bits per heavy atom. The number of alkyl halides is 2. The van der Waals surface area contributed by atoms with Crippen molar-refractivity contribution >= 4 is 29.2 Å². The van der Waals surface area contributed by atoms with Gasteiger partial charge in [0, 0.05) is 11.3 Å². The number of anilines is 1. The fourth-order valence-corrected chi connectivity index (χ4v) is 2.72. The van der Waals surface area contributed by atoms with E-state index in [9.17, 15) is 18.0 Å². The van der Waals surface area contributed by atoms with Crippen LogP contribution in [0.4, 0.5) is 18.9 Å². The van der Waals surface area contributed by atoms with Crippen molar-refractivity contribution in [3.05, 3.63) is 52.6 Å². The number of carbonyl (C=O) groups excluding carboxylic acids is 1. The van der Waals surface area contributed by atoms with Gasteiger partial charge in [-0.1, -0.05) is 11.6 Å². The van der Waals surface area contributed by atoms with Crippen LogP contribution in [0.1, 0.15) is 35.9 Å². The van der Waals surface area contributed by atoms with Gasteiger partial charge in [-0.15, -0.1) is 10.2 Å². The Labute approximate surface area is 162 Å². The third kappa shape index (κ3) is 3.59. The predicted molar refractivity (Wildman–Crippen MR) is 95.9 cm³/mol. The van der Waals surface area contributed by atoms with Crippen LogP contribution < -0.4 is 11.1 Å². The first-order valence-corrected chi connectivity index (χ1v) is 8.39. The smallest absolute Gasteiger partial charge is 0.312 e.